The molecule has 0 unspecified atom stereocenters. The van der Waals surface area contributed by atoms with Crippen LogP contribution in [0, 0.1) is 0 Å². The van der Waals surface area contributed by atoms with Crippen LogP contribution in [0.3, 0.4) is 0 Å². The number of fused-ring (bicyclic) bond motifs is 1. The smallest absolute Gasteiger partial charge is 0.283 e. The van der Waals surface area contributed by atoms with E-state index in [1.54, 1.807) is 35.1 Å². The van der Waals surface area contributed by atoms with E-state index in [0.29, 0.717) is 30.6 Å². The molecule has 0 amide bonds. The van der Waals surface area contributed by atoms with E-state index in [0.717, 1.165) is 36.8 Å². The number of thiazole rings is 1. The molecule has 0 aromatic carbocycles. The van der Waals surface area contributed by atoms with Crippen LogP contribution in [0.5, 0.6) is 0 Å². The number of rotatable bonds is 5. The molecule has 4 aromatic heterocycles. The van der Waals surface area contributed by atoms with Crippen LogP contribution in [0.1, 0.15) is 11.6 Å². The Morgan fingerprint density at radius 3 is 2.71 bits per heavy atom. The molecule has 10 heteroatoms. The highest BCUT2D eigenvalue weighted by atomic mass is 32.1. The number of piperazine rings is 1. The van der Waals surface area contributed by atoms with Gasteiger partial charge in [-0.15, -0.1) is 21.5 Å². The predicted octanol–water partition coefficient (Wildman–Crippen LogP) is 1.72. The lowest BCUT2D eigenvalue weighted by Crippen LogP contribution is -2.45. The fourth-order valence-corrected chi connectivity index (χ4v) is 4.05. The van der Waals surface area contributed by atoms with Crippen molar-refractivity contribution in [2.75, 3.05) is 26.2 Å². The van der Waals surface area contributed by atoms with Crippen LogP contribution in [0.15, 0.2) is 49.7 Å². The summed E-state index contributed by atoms with van der Waals surface area (Å²) < 4.78 is 12.5. The average molecular weight is 398 g/mol. The van der Waals surface area contributed by atoms with Crippen molar-refractivity contribution in [1.82, 2.24) is 29.4 Å². The molecule has 9 nitrogen and oxygen atoms in total. The molecule has 0 saturated carbocycles. The second kappa shape index (κ2) is 7.30. The number of furan rings is 1. The summed E-state index contributed by atoms with van der Waals surface area (Å²) in [6.07, 6.45) is 3.34. The van der Waals surface area contributed by atoms with Gasteiger partial charge in [-0.1, -0.05) is 0 Å². The number of nitrogens with zero attached hydrogens (tertiary/aromatic N) is 6. The first-order valence-corrected chi connectivity index (χ1v) is 9.89. The minimum atomic E-state index is -0.0244. The molecule has 1 aliphatic rings. The van der Waals surface area contributed by atoms with Crippen molar-refractivity contribution in [1.29, 1.82) is 0 Å². The summed E-state index contributed by atoms with van der Waals surface area (Å²) in [5, 5.41) is 10.0. The first-order valence-electron chi connectivity index (χ1n) is 9.01. The van der Waals surface area contributed by atoms with Gasteiger partial charge >= 0.3 is 0 Å². The van der Waals surface area contributed by atoms with Crippen LogP contribution in [0.2, 0.25) is 0 Å². The van der Waals surface area contributed by atoms with Gasteiger partial charge in [-0.25, -0.2) is 4.98 Å². The van der Waals surface area contributed by atoms with Gasteiger partial charge in [-0.3, -0.25) is 19.0 Å². The molecule has 28 heavy (non-hydrogen) atoms. The molecule has 5 heterocycles. The first kappa shape index (κ1) is 17.3. The van der Waals surface area contributed by atoms with Gasteiger partial charge in [0.15, 0.2) is 10.7 Å². The number of aromatic nitrogens is 4. The molecular weight excluding hydrogens is 380 g/mol. The molecule has 1 saturated heterocycles. The van der Waals surface area contributed by atoms with Crippen molar-refractivity contribution < 1.29 is 8.83 Å². The molecule has 0 bridgehead atoms. The van der Waals surface area contributed by atoms with Crippen LogP contribution in [-0.4, -0.2) is 55.6 Å². The second-order valence-electron chi connectivity index (χ2n) is 6.67. The Morgan fingerprint density at radius 2 is 1.93 bits per heavy atom. The minimum Gasteiger partial charge on any atom is -0.459 e. The highest BCUT2D eigenvalue weighted by Gasteiger charge is 2.20. The third-order valence-electron chi connectivity index (χ3n) is 4.76. The summed E-state index contributed by atoms with van der Waals surface area (Å²) in [7, 11) is 0. The summed E-state index contributed by atoms with van der Waals surface area (Å²) in [4.78, 5) is 22.0. The first-order chi connectivity index (χ1) is 13.7. The van der Waals surface area contributed by atoms with Crippen molar-refractivity contribution in [3.63, 3.8) is 0 Å². The molecule has 0 N–H and O–H groups in total. The lowest BCUT2D eigenvalue weighted by Gasteiger charge is -2.33. The van der Waals surface area contributed by atoms with E-state index in [1.807, 2.05) is 5.38 Å². The average Bonchev–Trinajstić information content (AvgIpc) is 3.44. The van der Waals surface area contributed by atoms with Crippen LogP contribution in [0.25, 0.3) is 16.6 Å². The molecule has 144 valence electrons. The SMILES string of the molecule is O=c1cc(CN2CCN(Cc3nnc(-c4ccco4)o3)CC2)nc2sccn12. The quantitative estimate of drug-likeness (QED) is 0.502. The monoisotopic (exact) mass is 398 g/mol. The highest BCUT2D eigenvalue weighted by Crippen LogP contribution is 2.19. The molecule has 0 aliphatic carbocycles. The maximum Gasteiger partial charge on any atom is 0.283 e. The Hall–Kier alpha value is -2.82. The summed E-state index contributed by atoms with van der Waals surface area (Å²) in [6, 6.07) is 5.21. The van der Waals surface area contributed by atoms with Gasteiger partial charge in [0, 0.05) is 50.4 Å². The molecule has 0 atom stereocenters. The van der Waals surface area contributed by atoms with E-state index in [9.17, 15) is 4.79 Å². The van der Waals surface area contributed by atoms with Gasteiger partial charge in [0.1, 0.15) is 0 Å². The largest absolute Gasteiger partial charge is 0.459 e. The van der Waals surface area contributed by atoms with Crippen LogP contribution in [0.4, 0.5) is 0 Å². The Balaban J connectivity index is 1.18. The molecule has 1 fully saturated rings. The third kappa shape index (κ3) is 3.49. The van der Waals surface area contributed by atoms with Crippen LogP contribution < -0.4 is 5.56 Å². The van der Waals surface area contributed by atoms with E-state index < -0.39 is 0 Å². The Kier molecular flexibility index (Phi) is 4.51. The third-order valence-corrected chi connectivity index (χ3v) is 5.52. The zero-order chi connectivity index (χ0) is 18.9. The summed E-state index contributed by atoms with van der Waals surface area (Å²) in [5.74, 6) is 1.56. The number of hydrogen-bond donors (Lipinski definition) is 0. The molecule has 0 spiro atoms. The molecule has 5 rings (SSSR count). The van der Waals surface area contributed by atoms with Gasteiger partial charge in [0.25, 0.3) is 11.4 Å². The van der Waals surface area contributed by atoms with Crippen LogP contribution >= 0.6 is 11.3 Å². The second-order valence-corrected chi connectivity index (χ2v) is 7.54. The minimum absolute atomic E-state index is 0.0244. The summed E-state index contributed by atoms with van der Waals surface area (Å²) in [5.41, 5.74) is 0.796. The topological polar surface area (TPSA) is 92.9 Å². The Labute approximate surface area is 163 Å². The maximum absolute atomic E-state index is 12.1. The Bertz CT molecular complexity index is 1120. The fraction of sp³-hybridized carbons (Fsp3) is 0.333. The molecule has 4 aromatic rings. The normalized spacial score (nSPS) is 16.1. The van der Waals surface area contributed by atoms with Crippen molar-refractivity contribution in [3.8, 4) is 11.7 Å². The van der Waals surface area contributed by atoms with Gasteiger partial charge in [0.05, 0.1) is 18.5 Å². The zero-order valence-electron chi connectivity index (χ0n) is 15.0. The van der Waals surface area contributed by atoms with E-state index >= 15 is 0 Å². The van der Waals surface area contributed by atoms with E-state index in [1.165, 1.54) is 11.3 Å². The lowest BCUT2D eigenvalue weighted by atomic mass is 10.3. The van der Waals surface area contributed by atoms with Crippen molar-refractivity contribution >= 4 is 16.3 Å². The fourth-order valence-electron chi connectivity index (χ4n) is 3.31. The summed E-state index contributed by atoms with van der Waals surface area (Å²) in [6.45, 7) is 4.86. The molecular formula is C18H18N6O3S. The van der Waals surface area contributed by atoms with Gasteiger partial charge in [0.2, 0.25) is 5.89 Å². The van der Waals surface area contributed by atoms with E-state index in [2.05, 4.69) is 25.0 Å². The predicted molar refractivity (Wildman–Crippen MR) is 102 cm³/mol. The highest BCUT2D eigenvalue weighted by molar-refractivity contribution is 7.15. The standard InChI is InChI=1S/C18H18N6O3S/c25-16-10-13(19-18-24(16)7-9-28-18)11-22-3-5-23(6-4-22)12-15-20-21-17(27-15)14-2-1-8-26-14/h1-2,7-10H,3-6,11-12H2. The van der Waals surface area contributed by atoms with Crippen molar-refractivity contribution in [2.24, 2.45) is 0 Å². The zero-order valence-corrected chi connectivity index (χ0v) is 15.8. The van der Waals surface area contributed by atoms with Gasteiger partial charge in [-0.05, 0) is 12.1 Å². The number of hydrogen-bond acceptors (Lipinski definition) is 9. The molecule has 1 aliphatic heterocycles. The van der Waals surface area contributed by atoms with Crippen molar-refractivity contribution in [3.05, 3.63) is 58.0 Å². The van der Waals surface area contributed by atoms with Crippen molar-refractivity contribution in [2.45, 2.75) is 13.1 Å². The van der Waals surface area contributed by atoms with Gasteiger partial charge in [-0.2, -0.15) is 0 Å². The van der Waals surface area contributed by atoms with Crippen LogP contribution in [-0.2, 0) is 13.1 Å². The van der Waals surface area contributed by atoms with E-state index in [-0.39, 0.29) is 5.56 Å². The lowest BCUT2D eigenvalue weighted by molar-refractivity contribution is 0.113. The van der Waals surface area contributed by atoms with Gasteiger partial charge < -0.3 is 8.83 Å². The summed E-state index contributed by atoms with van der Waals surface area (Å²) >= 11 is 1.48. The molecule has 0 radical (unpaired) electrons. The van der Waals surface area contributed by atoms with E-state index in [4.69, 9.17) is 8.83 Å². The maximum atomic E-state index is 12.1. The Morgan fingerprint density at radius 1 is 1.11 bits per heavy atom.